The molecule has 0 aliphatic rings. The zero-order chi connectivity index (χ0) is 15.2. The van der Waals surface area contributed by atoms with E-state index in [-0.39, 0.29) is 17.2 Å². The van der Waals surface area contributed by atoms with Gasteiger partial charge >= 0.3 is 0 Å². The van der Waals surface area contributed by atoms with Gasteiger partial charge in [0, 0.05) is 30.6 Å². The molecule has 110 valence electrons. The van der Waals surface area contributed by atoms with E-state index in [2.05, 4.69) is 10.3 Å². The predicted octanol–water partition coefficient (Wildman–Crippen LogP) is 2.31. The molecule has 0 fully saturated rings. The van der Waals surface area contributed by atoms with E-state index < -0.39 is 4.92 Å². The van der Waals surface area contributed by atoms with Crippen LogP contribution in [0.4, 0.5) is 5.69 Å². The molecular weight excluding hydrogens is 272 g/mol. The van der Waals surface area contributed by atoms with E-state index in [4.69, 9.17) is 0 Å². The van der Waals surface area contributed by atoms with Gasteiger partial charge in [0.2, 0.25) is 0 Å². The molecule has 0 saturated carbocycles. The largest absolute Gasteiger partial charge is 0.352 e. The fraction of sp³-hybridized carbons (Fsp3) is 0.286. The van der Waals surface area contributed by atoms with Crippen molar-refractivity contribution < 1.29 is 9.72 Å². The van der Waals surface area contributed by atoms with E-state index in [9.17, 15) is 14.9 Å². The van der Waals surface area contributed by atoms with E-state index in [1.165, 1.54) is 23.2 Å². The number of benzene rings is 1. The molecule has 0 unspecified atom stereocenters. The summed E-state index contributed by atoms with van der Waals surface area (Å²) in [5, 5.41) is 13.9. The number of nitro benzene ring substituents is 1. The average Bonchev–Trinajstić information content (AvgIpc) is 3.00. The van der Waals surface area contributed by atoms with Gasteiger partial charge in [0.25, 0.3) is 11.6 Å². The Hall–Kier alpha value is -2.70. The van der Waals surface area contributed by atoms with Crippen molar-refractivity contribution in [1.29, 1.82) is 0 Å². The third-order valence-electron chi connectivity index (χ3n) is 3.03. The molecule has 0 saturated heterocycles. The van der Waals surface area contributed by atoms with Crippen LogP contribution < -0.4 is 5.32 Å². The first-order chi connectivity index (χ1) is 10.1. The second-order valence-electron chi connectivity index (χ2n) is 4.54. The van der Waals surface area contributed by atoms with Gasteiger partial charge in [0.1, 0.15) is 5.69 Å². The number of amides is 1. The van der Waals surface area contributed by atoms with Gasteiger partial charge < -0.3 is 9.88 Å². The lowest BCUT2D eigenvalue weighted by atomic mass is 10.1. The highest BCUT2D eigenvalue weighted by Crippen LogP contribution is 2.24. The van der Waals surface area contributed by atoms with Crippen molar-refractivity contribution in [3.05, 3.63) is 52.6 Å². The van der Waals surface area contributed by atoms with Crippen LogP contribution in [0.15, 0.2) is 36.9 Å². The summed E-state index contributed by atoms with van der Waals surface area (Å²) in [6, 6.07) is 4.41. The van der Waals surface area contributed by atoms with E-state index >= 15 is 0 Å². The topological polar surface area (TPSA) is 90.1 Å². The van der Waals surface area contributed by atoms with E-state index in [0.29, 0.717) is 12.2 Å². The third kappa shape index (κ3) is 3.44. The molecule has 0 aliphatic carbocycles. The standard InChI is InChI=1S/C14H16N4O3/c1-2-3-6-16-14(19)11-4-5-12(13(9-11)18(20)21)17-8-7-15-10-17/h4-5,7-10H,2-3,6H2,1H3,(H,16,19). The van der Waals surface area contributed by atoms with Crippen LogP contribution in [0, 0.1) is 10.1 Å². The molecular formula is C14H16N4O3. The number of hydrogen-bond acceptors (Lipinski definition) is 4. The lowest BCUT2D eigenvalue weighted by Gasteiger charge is -2.07. The van der Waals surface area contributed by atoms with Gasteiger partial charge in [-0.25, -0.2) is 4.98 Å². The molecule has 0 spiro atoms. The Morgan fingerprint density at radius 3 is 2.90 bits per heavy atom. The Balaban J connectivity index is 2.28. The van der Waals surface area contributed by atoms with Gasteiger partial charge in [-0.15, -0.1) is 0 Å². The first kappa shape index (κ1) is 14.7. The van der Waals surface area contributed by atoms with Crippen molar-refractivity contribution in [1.82, 2.24) is 14.9 Å². The number of rotatable bonds is 6. The lowest BCUT2D eigenvalue weighted by Crippen LogP contribution is -2.24. The maximum Gasteiger partial charge on any atom is 0.294 e. The second-order valence-corrected chi connectivity index (χ2v) is 4.54. The number of carbonyl (C=O) groups excluding carboxylic acids is 1. The van der Waals surface area contributed by atoms with Gasteiger partial charge in [0.05, 0.1) is 11.3 Å². The highest BCUT2D eigenvalue weighted by atomic mass is 16.6. The van der Waals surface area contributed by atoms with Gasteiger partial charge in [-0.1, -0.05) is 13.3 Å². The third-order valence-corrected chi connectivity index (χ3v) is 3.03. The van der Waals surface area contributed by atoms with Crippen LogP contribution in [-0.2, 0) is 0 Å². The minimum absolute atomic E-state index is 0.129. The maximum atomic E-state index is 11.9. The van der Waals surface area contributed by atoms with Crippen LogP contribution in [0.5, 0.6) is 0 Å². The lowest BCUT2D eigenvalue weighted by molar-refractivity contribution is -0.384. The van der Waals surface area contributed by atoms with Crippen LogP contribution in [0.3, 0.4) is 0 Å². The van der Waals surface area contributed by atoms with E-state index in [1.807, 2.05) is 6.92 Å². The summed E-state index contributed by atoms with van der Waals surface area (Å²) >= 11 is 0. The Bertz CT molecular complexity index is 638. The predicted molar refractivity (Wildman–Crippen MR) is 77.5 cm³/mol. The summed E-state index contributed by atoms with van der Waals surface area (Å²) in [6.07, 6.45) is 6.47. The fourth-order valence-electron chi connectivity index (χ4n) is 1.91. The Kier molecular flexibility index (Phi) is 4.65. The number of nitro groups is 1. The van der Waals surface area contributed by atoms with Crippen molar-refractivity contribution in [2.24, 2.45) is 0 Å². The fourth-order valence-corrected chi connectivity index (χ4v) is 1.91. The van der Waals surface area contributed by atoms with E-state index in [1.54, 1.807) is 18.3 Å². The van der Waals surface area contributed by atoms with Gasteiger partial charge in [-0.2, -0.15) is 0 Å². The molecule has 0 atom stereocenters. The molecule has 1 N–H and O–H groups in total. The molecule has 2 rings (SSSR count). The number of imidazole rings is 1. The van der Waals surface area contributed by atoms with E-state index in [0.717, 1.165) is 12.8 Å². The van der Waals surface area contributed by atoms with Gasteiger partial charge in [-0.05, 0) is 18.6 Å². The molecule has 1 heterocycles. The zero-order valence-electron chi connectivity index (χ0n) is 11.7. The summed E-state index contributed by atoms with van der Waals surface area (Å²) in [4.78, 5) is 26.5. The first-order valence-electron chi connectivity index (χ1n) is 6.68. The van der Waals surface area contributed by atoms with Crippen molar-refractivity contribution in [3.63, 3.8) is 0 Å². The quantitative estimate of drug-likeness (QED) is 0.501. The van der Waals surface area contributed by atoms with Crippen molar-refractivity contribution >= 4 is 11.6 Å². The Labute approximate surface area is 121 Å². The molecule has 2 aromatic rings. The molecule has 0 radical (unpaired) electrons. The highest BCUT2D eigenvalue weighted by molar-refractivity contribution is 5.95. The van der Waals surface area contributed by atoms with Crippen LogP contribution in [0.25, 0.3) is 5.69 Å². The van der Waals surface area contributed by atoms with Crippen LogP contribution in [-0.4, -0.2) is 26.9 Å². The molecule has 0 aliphatic heterocycles. The normalized spacial score (nSPS) is 10.3. The Morgan fingerprint density at radius 2 is 2.29 bits per heavy atom. The number of aromatic nitrogens is 2. The monoisotopic (exact) mass is 288 g/mol. The zero-order valence-corrected chi connectivity index (χ0v) is 11.7. The average molecular weight is 288 g/mol. The second kappa shape index (κ2) is 6.65. The molecule has 7 heteroatoms. The van der Waals surface area contributed by atoms with Gasteiger partial charge in [0.15, 0.2) is 0 Å². The summed E-state index contributed by atoms with van der Waals surface area (Å²) in [5.41, 5.74) is 0.528. The maximum absolute atomic E-state index is 11.9. The molecule has 1 aromatic heterocycles. The molecule has 1 amide bonds. The minimum Gasteiger partial charge on any atom is -0.352 e. The molecule has 0 bridgehead atoms. The molecule has 7 nitrogen and oxygen atoms in total. The number of unbranched alkanes of at least 4 members (excludes halogenated alkanes) is 1. The number of hydrogen-bond donors (Lipinski definition) is 1. The van der Waals surface area contributed by atoms with Crippen molar-refractivity contribution in [2.75, 3.05) is 6.54 Å². The van der Waals surface area contributed by atoms with Gasteiger partial charge in [-0.3, -0.25) is 14.9 Å². The summed E-state index contributed by atoms with van der Waals surface area (Å²) in [5.74, 6) is -0.302. The number of carbonyl (C=O) groups is 1. The smallest absolute Gasteiger partial charge is 0.294 e. The molecule has 21 heavy (non-hydrogen) atoms. The van der Waals surface area contributed by atoms with Crippen LogP contribution in [0.1, 0.15) is 30.1 Å². The van der Waals surface area contributed by atoms with Crippen LogP contribution >= 0.6 is 0 Å². The number of nitrogens with zero attached hydrogens (tertiary/aromatic N) is 3. The first-order valence-corrected chi connectivity index (χ1v) is 6.68. The summed E-state index contributed by atoms with van der Waals surface area (Å²) in [7, 11) is 0. The molecule has 1 aromatic carbocycles. The minimum atomic E-state index is -0.502. The van der Waals surface area contributed by atoms with Crippen LogP contribution in [0.2, 0.25) is 0 Å². The highest BCUT2D eigenvalue weighted by Gasteiger charge is 2.18. The van der Waals surface area contributed by atoms with Crippen molar-refractivity contribution in [2.45, 2.75) is 19.8 Å². The SMILES string of the molecule is CCCCNC(=O)c1ccc(-n2ccnc2)c([N+](=O)[O-])c1. The summed E-state index contributed by atoms with van der Waals surface area (Å²) < 4.78 is 1.54. The number of nitrogens with one attached hydrogen (secondary N) is 1. The Morgan fingerprint density at radius 1 is 1.48 bits per heavy atom. The summed E-state index contributed by atoms with van der Waals surface area (Å²) in [6.45, 7) is 2.59. The van der Waals surface area contributed by atoms with Crippen molar-refractivity contribution in [3.8, 4) is 5.69 Å².